The number of fused-ring (bicyclic) bond motifs is 1. The van der Waals surface area contributed by atoms with E-state index in [-0.39, 0.29) is 17.5 Å². The maximum Gasteiger partial charge on any atom is 0.417 e. The van der Waals surface area contributed by atoms with Gasteiger partial charge in [-0.05, 0) is 32.0 Å². The highest BCUT2D eigenvalue weighted by Gasteiger charge is 2.31. The van der Waals surface area contributed by atoms with Crippen molar-refractivity contribution in [2.75, 3.05) is 31.1 Å². The van der Waals surface area contributed by atoms with Gasteiger partial charge in [-0.2, -0.15) is 13.2 Å². The van der Waals surface area contributed by atoms with Crippen LogP contribution in [-0.2, 0) is 6.18 Å². The molecular formula is C23H23F3N4O2. The third-order valence-electron chi connectivity index (χ3n) is 5.70. The number of amides is 1. The van der Waals surface area contributed by atoms with Crippen LogP contribution in [0.5, 0.6) is 0 Å². The SMILES string of the molecule is CC(C)n1cc(C(=O)N2CCN(c3ccc(C(F)(F)F)cn3)CC2)c2ccccc2c1=O. The van der Waals surface area contributed by atoms with Gasteiger partial charge < -0.3 is 14.4 Å². The van der Waals surface area contributed by atoms with Crippen LogP contribution in [0.3, 0.4) is 0 Å². The predicted octanol–water partition coefficient (Wildman–Crippen LogP) is 3.96. The first kappa shape index (κ1) is 21.9. The topological polar surface area (TPSA) is 58.4 Å². The van der Waals surface area contributed by atoms with Gasteiger partial charge in [-0.15, -0.1) is 0 Å². The van der Waals surface area contributed by atoms with Gasteiger partial charge >= 0.3 is 6.18 Å². The van der Waals surface area contributed by atoms with Crippen molar-refractivity contribution >= 4 is 22.5 Å². The van der Waals surface area contributed by atoms with Crippen molar-refractivity contribution in [2.24, 2.45) is 0 Å². The summed E-state index contributed by atoms with van der Waals surface area (Å²) in [6.45, 7) is 5.48. The Morgan fingerprint density at radius 1 is 1.00 bits per heavy atom. The highest BCUT2D eigenvalue weighted by Crippen LogP contribution is 2.29. The molecule has 1 fully saturated rings. The largest absolute Gasteiger partial charge is 0.417 e. The third kappa shape index (κ3) is 4.06. The van der Waals surface area contributed by atoms with Crippen LogP contribution >= 0.6 is 0 Å². The molecule has 9 heteroatoms. The number of anilines is 1. The van der Waals surface area contributed by atoms with Crippen molar-refractivity contribution in [3.63, 3.8) is 0 Å². The Hall–Kier alpha value is -3.36. The van der Waals surface area contributed by atoms with Gasteiger partial charge in [-0.3, -0.25) is 9.59 Å². The first-order valence-corrected chi connectivity index (χ1v) is 10.4. The van der Waals surface area contributed by atoms with E-state index in [1.54, 1.807) is 39.9 Å². The van der Waals surface area contributed by atoms with E-state index in [1.165, 1.54) is 6.07 Å². The summed E-state index contributed by atoms with van der Waals surface area (Å²) >= 11 is 0. The fourth-order valence-corrected chi connectivity index (χ4v) is 3.91. The number of rotatable bonds is 3. The van der Waals surface area contributed by atoms with Gasteiger partial charge in [0.1, 0.15) is 5.82 Å². The molecular weight excluding hydrogens is 421 g/mol. The summed E-state index contributed by atoms with van der Waals surface area (Å²) in [5.41, 5.74) is -0.456. The number of nitrogens with zero attached hydrogens (tertiary/aromatic N) is 4. The molecule has 168 valence electrons. The lowest BCUT2D eigenvalue weighted by molar-refractivity contribution is -0.137. The first-order valence-electron chi connectivity index (χ1n) is 10.4. The van der Waals surface area contributed by atoms with Gasteiger partial charge in [0.25, 0.3) is 11.5 Å². The Bertz CT molecular complexity index is 1190. The van der Waals surface area contributed by atoms with Gasteiger partial charge in [-0.1, -0.05) is 18.2 Å². The molecule has 0 spiro atoms. The van der Waals surface area contributed by atoms with Crippen LogP contribution in [0.25, 0.3) is 10.8 Å². The van der Waals surface area contributed by atoms with Gasteiger partial charge in [-0.25, -0.2) is 4.98 Å². The van der Waals surface area contributed by atoms with Crippen molar-refractivity contribution in [1.82, 2.24) is 14.5 Å². The van der Waals surface area contributed by atoms with Gasteiger partial charge in [0, 0.05) is 55.4 Å². The van der Waals surface area contributed by atoms with Crippen LogP contribution in [0.4, 0.5) is 19.0 Å². The van der Waals surface area contributed by atoms with Crippen molar-refractivity contribution in [2.45, 2.75) is 26.1 Å². The number of carbonyl (C=O) groups excluding carboxylic acids is 1. The number of halogens is 3. The molecule has 0 N–H and O–H groups in total. The Kier molecular flexibility index (Phi) is 5.66. The molecule has 0 saturated carbocycles. The van der Waals surface area contributed by atoms with E-state index in [0.29, 0.717) is 48.3 Å². The van der Waals surface area contributed by atoms with E-state index in [2.05, 4.69) is 4.98 Å². The lowest BCUT2D eigenvalue weighted by Gasteiger charge is -2.35. The summed E-state index contributed by atoms with van der Waals surface area (Å²) in [5, 5.41) is 1.12. The molecule has 1 amide bonds. The van der Waals surface area contributed by atoms with Crippen LogP contribution in [0.1, 0.15) is 35.8 Å². The van der Waals surface area contributed by atoms with Crippen LogP contribution in [-0.4, -0.2) is 46.5 Å². The smallest absolute Gasteiger partial charge is 0.353 e. The van der Waals surface area contributed by atoms with Crippen LogP contribution in [0, 0.1) is 0 Å². The number of pyridine rings is 2. The highest BCUT2D eigenvalue weighted by molar-refractivity contribution is 6.06. The fraction of sp³-hybridized carbons (Fsp3) is 0.348. The molecule has 0 radical (unpaired) electrons. The minimum Gasteiger partial charge on any atom is -0.353 e. The predicted molar refractivity (Wildman–Crippen MR) is 116 cm³/mol. The van der Waals surface area contributed by atoms with E-state index < -0.39 is 11.7 Å². The Morgan fingerprint density at radius 3 is 2.22 bits per heavy atom. The standard InChI is InChI=1S/C23H23F3N4O2/c1-15(2)30-14-19(17-5-3-4-6-18(17)22(30)32)21(31)29-11-9-28(10-12-29)20-8-7-16(13-27-20)23(24,25)26/h3-8,13-15H,9-12H2,1-2H3. The minimum absolute atomic E-state index is 0.0961. The summed E-state index contributed by atoms with van der Waals surface area (Å²) < 4.78 is 39.8. The molecule has 0 atom stereocenters. The van der Waals surface area contributed by atoms with Crippen LogP contribution in [0.15, 0.2) is 53.6 Å². The number of aromatic nitrogens is 2. The zero-order chi connectivity index (χ0) is 23.0. The number of hydrogen-bond donors (Lipinski definition) is 0. The molecule has 1 aliphatic heterocycles. The van der Waals surface area contributed by atoms with Crippen molar-refractivity contribution < 1.29 is 18.0 Å². The number of benzene rings is 1. The van der Waals surface area contributed by atoms with Gasteiger partial charge in [0.2, 0.25) is 0 Å². The molecule has 0 aliphatic carbocycles. The minimum atomic E-state index is -4.42. The second-order valence-electron chi connectivity index (χ2n) is 8.08. The third-order valence-corrected chi connectivity index (χ3v) is 5.70. The van der Waals surface area contributed by atoms with Gasteiger partial charge in [0.05, 0.1) is 11.1 Å². The number of carbonyl (C=O) groups is 1. The quantitative estimate of drug-likeness (QED) is 0.614. The summed E-state index contributed by atoms with van der Waals surface area (Å²) in [5.74, 6) is 0.277. The molecule has 32 heavy (non-hydrogen) atoms. The van der Waals surface area contributed by atoms with E-state index in [9.17, 15) is 22.8 Å². The van der Waals surface area contributed by atoms with Gasteiger partial charge in [0.15, 0.2) is 0 Å². The number of hydrogen-bond acceptors (Lipinski definition) is 4. The van der Waals surface area contributed by atoms with E-state index >= 15 is 0 Å². The lowest BCUT2D eigenvalue weighted by atomic mass is 10.1. The second kappa shape index (κ2) is 8.29. The average molecular weight is 444 g/mol. The molecule has 3 aromatic rings. The first-order chi connectivity index (χ1) is 15.2. The Balaban J connectivity index is 1.55. The van der Waals surface area contributed by atoms with E-state index in [0.717, 1.165) is 12.3 Å². The highest BCUT2D eigenvalue weighted by atomic mass is 19.4. The molecule has 1 aromatic carbocycles. The summed E-state index contributed by atoms with van der Waals surface area (Å²) in [7, 11) is 0. The van der Waals surface area contributed by atoms with Crippen molar-refractivity contribution in [3.05, 3.63) is 70.3 Å². The summed E-state index contributed by atoms with van der Waals surface area (Å²) in [4.78, 5) is 33.6. The molecule has 1 aliphatic rings. The van der Waals surface area contributed by atoms with Crippen LogP contribution in [0.2, 0.25) is 0 Å². The zero-order valence-electron chi connectivity index (χ0n) is 17.8. The van der Waals surface area contributed by atoms with Crippen molar-refractivity contribution in [3.8, 4) is 0 Å². The van der Waals surface area contributed by atoms with Crippen LogP contribution < -0.4 is 10.5 Å². The molecule has 0 bridgehead atoms. The van der Waals surface area contributed by atoms with Crippen molar-refractivity contribution in [1.29, 1.82) is 0 Å². The van der Waals surface area contributed by atoms with E-state index in [4.69, 9.17) is 0 Å². The fourth-order valence-electron chi connectivity index (χ4n) is 3.91. The average Bonchev–Trinajstić information content (AvgIpc) is 2.78. The number of piperazine rings is 1. The Morgan fingerprint density at radius 2 is 1.66 bits per heavy atom. The maximum absolute atomic E-state index is 13.3. The Labute approximate surface area is 182 Å². The molecule has 4 rings (SSSR count). The maximum atomic E-state index is 13.3. The molecule has 1 saturated heterocycles. The normalized spacial score (nSPS) is 14.9. The number of alkyl halides is 3. The zero-order valence-corrected chi connectivity index (χ0v) is 17.8. The molecule has 0 unspecified atom stereocenters. The molecule has 2 aromatic heterocycles. The monoisotopic (exact) mass is 444 g/mol. The summed E-state index contributed by atoms with van der Waals surface area (Å²) in [6, 6.07) is 9.35. The van der Waals surface area contributed by atoms with E-state index in [1.807, 2.05) is 18.7 Å². The summed E-state index contributed by atoms with van der Waals surface area (Å²) in [6.07, 6.45) is -1.97. The molecule has 6 nitrogen and oxygen atoms in total. The molecule has 3 heterocycles. The lowest BCUT2D eigenvalue weighted by Crippen LogP contribution is -2.49. The second-order valence-corrected chi connectivity index (χ2v) is 8.08.